The van der Waals surface area contributed by atoms with Crippen LogP contribution in [0.1, 0.15) is 46.0 Å². The maximum absolute atomic E-state index is 12.4. The molecule has 0 fully saturated rings. The first-order chi connectivity index (χ1) is 17.0. The minimum Gasteiger partial charge on any atom is -0.494 e. The number of nitrogens with zero attached hydrogens (tertiary/aromatic N) is 3. The van der Waals surface area contributed by atoms with Crippen LogP contribution >= 0.6 is 0 Å². The summed E-state index contributed by atoms with van der Waals surface area (Å²) in [5, 5.41) is 15.4. The van der Waals surface area contributed by atoms with Gasteiger partial charge in [0.15, 0.2) is 0 Å². The monoisotopic (exact) mass is 475 g/mol. The van der Waals surface area contributed by atoms with Gasteiger partial charge in [-0.05, 0) is 68.0 Å². The number of fused-ring (bicyclic) bond motifs is 1. The van der Waals surface area contributed by atoms with Crippen molar-refractivity contribution in [3.05, 3.63) is 77.0 Å². The highest BCUT2D eigenvalue weighted by atomic mass is 16.5. The van der Waals surface area contributed by atoms with Gasteiger partial charge in [0.25, 0.3) is 5.91 Å². The molecule has 1 aliphatic heterocycles. The Kier molecular flexibility index (Phi) is 7.87. The number of carboxylic acid groups (broad SMARTS) is 1. The summed E-state index contributed by atoms with van der Waals surface area (Å²) < 4.78 is 5.84. The molecule has 0 bridgehead atoms. The average Bonchev–Trinajstić information content (AvgIpc) is 2.87. The Morgan fingerprint density at radius 1 is 1.14 bits per heavy atom. The lowest BCUT2D eigenvalue weighted by Crippen LogP contribution is -2.42. The molecule has 0 saturated carbocycles. The van der Waals surface area contributed by atoms with E-state index in [1.807, 2.05) is 24.3 Å². The second-order valence-electron chi connectivity index (χ2n) is 8.49. The van der Waals surface area contributed by atoms with E-state index in [2.05, 4.69) is 32.7 Å². The zero-order valence-corrected chi connectivity index (χ0v) is 19.7. The Hall–Kier alpha value is -4.01. The molecular formula is C26H29N5O4. The molecule has 182 valence electrons. The van der Waals surface area contributed by atoms with Crippen LogP contribution in [0.5, 0.6) is 5.75 Å². The Morgan fingerprint density at radius 3 is 2.74 bits per heavy atom. The fraction of sp³-hybridized carbons (Fsp3) is 0.346. The van der Waals surface area contributed by atoms with Crippen LogP contribution in [0.3, 0.4) is 0 Å². The largest absolute Gasteiger partial charge is 0.494 e. The molecule has 9 heteroatoms. The summed E-state index contributed by atoms with van der Waals surface area (Å²) in [6, 6.07) is 11.9. The third-order valence-electron chi connectivity index (χ3n) is 5.77. The molecule has 0 saturated heterocycles. The minimum atomic E-state index is -1.12. The van der Waals surface area contributed by atoms with Crippen LogP contribution < -0.4 is 15.4 Å². The number of hydrogen-bond acceptors (Lipinski definition) is 7. The molecule has 1 amide bonds. The van der Waals surface area contributed by atoms with Crippen molar-refractivity contribution in [1.29, 1.82) is 0 Å². The highest BCUT2D eigenvalue weighted by Gasteiger charge is 2.22. The number of hydrogen-bond donors (Lipinski definition) is 3. The Bertz CT molecular complexity index is 1180. The van der Waals surface area contributed by atoms with Crippen LogP contribution in [0.25, 0.3) is 0 Å². The molecule has 0 aliphatic carbocycles. The Morgan fingerprint density at radius 2 is 1.97 bits per heavy atom. The molecule has 35 heavy (non-hydrogen) atoms. The summed E-state index contributed by atoms with van der Waals surface area (Å²) in [5.41, 5.74) is 3.24. The van der Waals surface area contributed by atoms with E-state index < -0.39 is 17.9 Å². The van der Waals surface area contributed by atoms with Gasteiger partial charge in [-0.2, -0.15) is 0 Å². The summed E-state index contributed by atoms with van der Waals surface area (Å²) in [6.07, 6.45) is 5.50. The first kappa shape index (κ1) is 24.1. The molecule has 9 nitrogen and oxygen atoms in total. The second kappa shape index (κ2) is 11.4. The van der Waals surface area contributed by atoms with Crippen LogP contribution in [0.2, 0.25) is 0 Å². The van der Waals surface area contributed by atoms with E-state index in [0.29, 0.717) is 18.2 Å². The van der Waals surface area contributed by atoms with E-state index in [1.54, 1.807) is 6.92 Å². The number of aliphatic carboxylic acids is 1. The van der Waals surface area contributed by atoms with E-state index >= 15 is 0 Å². The molecule has 0 radical (unpaired) electrons. The number of carbonyl (C=O) groups excluding carboxylic acids is 1. The molecule has 1 aromatic carbocycles. The summed E-state index contributed by atoms with van der Waals surface area (Å²) in [4.78, 5) is 36.8. The number of pyridine rings is 1. The zero-order chi connectivity index (χ0) is 24.6. The van der Waals surface area contributed by atoms with E-state index in [1.165, 1.54) is 17.8 Å². The van der Waals surface area contributed by atoms with Gasteiger partial charge >= 0.3 is 5.97 Å². The number of nitrogens with one attached hydrogen (secondary N) is 2. The smallest absolute Gasteiger partial charge is 0.326 e. The molecule has 1 atom stereocenters. The van der Waals surface area contributed by atoms with E-state index in [-0.39, 0.29) is 12.1 Å². The van der Waals surface area contributed by atoms with Crippen molar-refractivity contribution in [3.8, 4) is 5.75 Å². The lowest BCUT2D eigenvalue weighted by molar-refractivity contribution is -0.139. The van der Waals surface area contributed by atoms with Crippen LogP contribution in [0.15, 0.2) is 48.7 Å². The average molecular weight is 476 g/mol. The molecule has 3 heterocycles. The molecule has 3 aromatic rings. The topological polar surface area (TPSA) is 126 Å². The molecule has 4 rings (SSSR count). The lowest BCUT2D eigenvalue weighted by Gasteiger charge is -2.17. The number of carboxylic acids is 1. The first-order valence-corrected chi connectivity index (χ1v) is 11.8. The van der Waals surface area contributed by atoms with Gasteiger partial charge in [-0.25, -0.2) is 19.7 Å². The van der Waals surface area contributed by atoms with Crippen LogP contribution in [0.4, 0.5) is 5.82 Å². The molecule has 0 unspecified atom stereocenters. The number of amides is 1. The normalized spacial score (nSPS) is 13.3. The highest BCUT2D eigenvalue weighted by molar-refractivity contribution is 5.94. The van der Waals surface area contributed by atoms with Gasteiger partial charge < -0.3 is 20.5 Å². The molecular weight excluding hydrogens is 446 g/mol. The second-order valence-corrected chi connectivity index (χ2v) is 8.49. The minimum absolute atomic E-state index is 0.134. The number of aromatic nitrogens is 3. The maximum Gasteiger partial charge on any atom is 0.326 e. The van der Waals surface area contributed by atoms with Crippen LogP contribution in [-0.4, -0.2) is 51.1 Å². The number of carbonyl (C=O) groups is 2. The van der Waals surface area contributed by atoms with Crippen molar-refractivity contribution in [2.24, 2.45) is 0 Å². The summed E-state index contributed by atoms with van der Waals surface area (Å²) >= 11 is 0. The van der Waals surface area contributed by atoms with Gasteiger partial charge in [0.1, 0.15) is 29.1 Å². The van der Waals surface area contributed by atoms with Gasteiger partial charge in [0.2, 0.25) is 0 Å². The fourth-order valence-electron chi connectivity index (χ4n) is 3.92. The SMILES string of the molecule is Cc1nccc(C(=O)N[C@H](Cc2ccc(OCCCc3ccc4c(n3)NCCC4)cc2)C(=O)O)n1. The number of benzene rings is 1. The van der Waals surface area contributed by atoms with Gasteiger partial charge in [-0.15, -0.1) is 0 Å². The maximum atomic E-state index is 12.4. The van der Waals surface area contributed by atoms with Gasteiger partial charge in [0.05, 0.1) is 6.61 Å². The number of ether oxygens (including phenoxy) is 1. The molecule has 1 aliphatic rings. The molecule has 0 spiro atoms. The van der Waals surface area contributed by atoms with Gasteiger partial charge in [0, 0.05) is 24.9 Å². The lowest BCUT2D eigenvalue weighted by atomic mass is 10.1. The van der Waals surface area contributed by atoms with E-state index in [9.17, 15) is 14.7 Å². The first-order valence-electron chi connectivity index (χ1n) is 11.8. The Balaban J connectivity index is 1.25. The van der Waals surface area contributed by atoms with Crippen molar-refractivity contribution < 1.29 is 19.4 Å². The summed E-state index contributed by atoms with van der Waals surface area (Å²) in [6.45, 7) is 3.19. The van der Waals surface area contributed by atoms with Crippen LogP contribution in [0, 0.1) is 6.92 Å². The quantitative estimate of drug-likeness (QED) is 0.382. The van der Waals surface area contributed by atoms with Crippen molar-refractivity contribution in [2.75, 3.05) is 18.5 Å². The summed E-state index contributed by atoms with van der Waals surface area (Å²) in [7, 11) is 0. The summed E-state index contributed by atoms with van der Waals surface area (Å²) in [5.74, 6) is 0.494. The van der Waals surface area contributed by atoms with E-state index in [0.717, 1.165) is 49.3 Å². The van der Waals surface area contributed by atoms with Crippen molar-refractivity contribution in [1.82, 2.24) is 20.3 Å². The molecule has 2 aromatic heterocycles. The highest BCUT2D eigenvalue weighted by Crippen LogP contribution is 2.20. The Labute approximate surface area is 204 Å². The van der Waals surface area contributed by atoms with Crippen molar-refractivity contribution >= 4 is 17.7 Å². The standard InChI is InChI=1S/C26H29N5O4/c1-17-27-14-12-22(29-17)25(32)31-23(26(33)34)16-18-6-10-21(11-7-18)35-15-3-5-20-9-8-19-4-2-13-28-24(19)30-20/h6-12,14,23H,2-5,13,15-16H2,1H3,(H,28,30)(H,31,32)(H,33,34)/t23-/m1/s1. The van der Waals surface area contributed by atoms with Crippen LogP contribution in [-0.2, 0) is 24.1 Å². The molecule has 3 N–H and O–H groups in total. The third kappa shape index (κ3) is 6.75. The number of aryl methyl sites for hydroxylation is 3. The fourth-order valence-corrected chi connectivity index (χ4v) is 3.92. The zero-order valence-electron chi connectivity index (χ0n) is 19.7. The van der Waals surface area contributed by atoms with E-state index in [4.69, 9.17) is 9.72 Å². The predicted octanol–water partition coefficient (Wildman–Crippen LogP) is 2.98. The number of anilines is 1. The van der Waals surface area contributed by atoms with Gasteiger partial charge in [-0.1, -0.05) is 18.2 Å². The van der Waals surface area contributed by atoms with Gasteiger partial charge in [-0.3, -0.25) is 4.79 Å². The van der Waals surface area contributed by atoms with Crippen molar-refractivity contribution in [2.45, 2.75) is 45.1 Å². The van der Waals surface area contributed by atoms with Crippen molar-refractivity contribution in [3.63, 3.8) is 0 Å². The number of rotatable bonds is 10. The third-order valence-corrected chi connectivity index (χ3v) is 5.77. The predicted molar refractivity (Wildman–Crippen MR) is 131 cm³/mol.